The highest BCUT2D eigenvalue weighted by atomic mass is 32.2. The van der Waals surface area contributed by atoms with Crippen LogP contribution in [-0.2, 0) is 10.0 Å². The zero-order valence-corrected chi connectivity index (χ0v) is 18.6. The lowest BCUT2D eigenvalue weighted by Gasteiger charge is -2.34. The zero-order valence-electron chi connectivity index (χ0n) is 17.8. The van der Waals surface area contributed by atoms with Crippen LogP contribution in [0.1, 0.15) is 16.8 Å². The molecule has 2 aromatic rings. The summed E-state index contributed by atoms with van der Waals surface area (Å²) in [5.74, 6) is 1.31. The first kappa shape index (κ1) is 22.8. The van der Waals surface area contributed by atoms with E-state index in [-0.39, 0.29) is 18.2 Å². The molecule has 3 rings (SSSR count). The number of hydrogen-bond acceptors (Lipinski definition) is 7. The molecular weight excluding hydrogens is 420 g/mol. The minimum Gasteiger partial charge on any atom is -0.493 e. The molecule has 1 aliphatic rings. The van der Waals surface area contributed by atoms with Gasteiger partial charge in [0, 0.05) is 38.9 Å². The van der Waals surface area contributed by atoms with Crippen molar-refractivity contribution < 1.29 is 22.7 Å². The lowest BCUT2D eigenvalue weighted by Crippen LogP contribution is -2.49. The predicted octanol–water partition coefficient (Wildman–Crippen LogP) is 1.37. The number of benzene rings is 1. The summed E-state index contributed by atoms with van der Waals surface area (Å²) in [5, 5.41) is 2.76. The van der Waals surface area contributed by atoms with Crippen molar-refractivity contribution >= 4 is 21.7 Å². The predicted molar refractivity (Wildman–Crippen MR) is 118 cm³/mol. The second kappa shape index (κ2) is 10.5. The number of methoxy groups -OCH3 is 2. The van der Waals surface area contributed by atoms with Gasteiger partial charge >= 0.3 is 0 Å². The molecule has 31 heavy (non-hydrogen) atoms. The van der Waals surface area contributed by atoms with Crippen LogP contribution < -0.4 is 19.7 Å². The smallest absolute Gasteiger partial charge is 0.255 e. The van der Waals surface area contributed by atoms with Crippen molar-refractivity contribution in [2.24, 2.45) is 0 Å². The van der Waals surface area contributed by atoms with Crippen molar-refractivity contribution in [3.63, 3.8) is 0 Å². The van der Waals surface area contributed by atoms with Gasteiger partial charge in [-0.2, -0.15) is 4.31 Å². The van der Waals surface area contributed by atoms with Crippen LogP contribution in [0.3, 0.4) is 0 Å². The molecule has 1 aromatic carbocycles. The van der Waals surface area contributed by atoms with Gasteiger partial charge in [-0.05, 0) is 30.7 Å². The average Bonchev–Trinajstić information content (AvgIpc) is 2.81. The van der Waals surface area contributed by atoms with E-state index in [4.69, 9.17) is 9.47 Å². The molecular formula is C21H28N4O5S. The number of piperazine rings is 1. The van der Waals surface area contributed by atoms with Crippen LogP contribution >= 0.6 is 0 Å². The van der Waals surface area contributed by atoms with Gasteiger partial charge in [-0.25, -0.2) is 13.4 Å². The topological polar surface area (TPSA) is 101 Å². The first-order chi connectivity index (χ1) is 15.0. The number of sulfonamides is 1. The van der Waals surface area contributed by atoms with Crippen LogP contribution in [-0.4, -0.2) is 76.3 Å². The number of aromatic nitrogens is 1. The maximum absolute atomic E-state index is 12.7. The van der Waals surface area contributed by atoms with Gasteiger partial charge in [0.2, 0.25) is 10.0 Å². The number of carbonyl (C=O) groups excluding carboxylic acids is 1. The molecule has 0 atom stereocenters. The number of carbonyl (C=O) groups is 1. The lowest BCUT2D eigenvalue weighted by atomic mass is 10.1. The van der Waals surface area contributed by atoms with Gasteiger partial charge in [-0.1, -0.05) is 12.1 Å². The number of hydrogen-bond donors (Lipinski definition) is 1. The molecule has 10 heteroatoms. The summed E-state index contributed by atoms with van der Waals surface area (Å²) >= 11 is 0. The Kier molecular flexibility index (Phi) is 7.69. The van der Waals surface area contributed by atoms with E-state index in [9.17, 15) is 13.2 Å². The van der Waals surface area contributed by atoms with Gasteiger partial charge in [-0.3, -0.25) is 4.79 Å². The van der Waals surface area contributed by atoms with E-state index < -0.39 is 10.0 Å². The SMILES string of the molecule is COc1cccc(C(=O)NCCCS(=O)(=O)N2CCN(c3ccccn3)CC2)c1OC. The molecule has 0 radical (unpaired) electrons. The number of anilines is 1. The van der Waals surface area contributed by atoms with E-state index in [0.717, 1.165) is 5.82 Å². The third-order valence-corrected chi connectivity index (χ3v) is 7.07. The summed E-state index contributed by atoms with van der Waals surface area (Å²) in [6, 6.07) is 10.7. The molecule has 2 heterocycles. The third-order valence-electron chi connectivity index (χ3n) is 5.12. The summed E-state index contributed by atoms with van der Waals surface area (Å²) in [4.78, 5) is 18.9. The van der Waals surface area contributed by atoms with Crippen molar-refractivity contribution in [3.8, 4) is 11.5 Å². The fourth-order valence-corrected chi connectivity index (χ4v) is 4.97. The van der Waals surface area contributed by atoms with Crippen molar-refractivity contribution in [1.29, 1.82) is 0 Å². The molecule has 1 saturated heterocycles. The molecule has 168 valence electrons. The Labute approximate surface area is 183 Å². The van der Waals surface area contributed by atoms with Gasteiger partial charge in [0.1, 0.15) is 5.82 Å². The van der Waals surface area contributed by atoms with Gasteiger partial charge in [-0.15, -0.1) is 0 Å². The maximum atomic E-state index is 12.7. The third kappa shape index (κ3) is 5.65. The van der Waals surface area contributed by atoms with Crippen molar-refractivity contribution in [2.75, 3.05) is 57.6 Å². The Hall–Kier alpha value is -2.85. The number of nitrogens with one attached hydrogen (secondary N) is 1. The number of rotatable bonds is 9. The number of amides is 1. The van der Waals surface area contributed by atoms with Crippen molar-refractivity contribution in [2.45, 2.75) is 6.42 Å². The van der Waals surface area contributed by atoms with E-state index in [1.165, 1.54) is 18.5 Å². The molecule has 0 spiro atoms. The van der Waals surface area contributed by atoms with Crippen LogP contribution in [0.5, 0.6) is 11.5 Å². The molecule has 0 aliphatic carbocycles. The van der Waals surface area contributed by atoms with E-state index in [2.05, 4.69) is 15.2 Å². The number of pyridine rings is 1. The molecule has 0 bridgehead atoms. The highest BCUT2D eigenvalue weighted by Gasteiger charge is 2.27. The normalized spacial score (nSPS) is 14.8. The lowest BCUT2D eigenvalue weighted by molar-refractivity contribution is 0.0950. The van der Waals surface area contributed by atoms with Crippen LogP contribution in [0.2, 0.25) is 0 Å². The zero-order chi connectivity index (χ0) is 22.3. The Morgan fingerprint density at radius 3 is 2.48 bits per heavy atom. The van der Waals surface area contributed by atoms with Crippen molar-refractivity contribution in [1.82, 2.24) is 14.6 Å². The fourth-order valence-electron chi connectivity index (χ4n) is 3.48. The summed E-state index contributed by atoms with van der Waals surface area (Å²) < 4.78 is 37.3. The van der Waals surface area contributed by atoms with Crippen LogP contribution in [0.25, 0.3) is 0 Å². The first-order valence-electron chi connectivity index (χ1n) is 10.1. The first-order valence-corrected chi connectivity index (χ1v) is 11.7. The van der Waals surface area contributed by atoms with Crippen LogP contribution in [0.15, 0.2) is 42.6 Å². The van der Waals surface area contributed by atoms with E-state index in [1.807, 2.05) is 18.2 Å². The molecule has 1 amide bonds. The summed E-state index contributed by atoms with van der Waals surface area (Å²) in [7, 11) is -0.417. The maximum Gasteiger partial charge on any atom is 0.255 e. The quantitative estimate of drug-likeness (QED) is 0.578. The second-order valence-electron chi connectivity index (χ2n) is 7.04. The molecule has 1 fully saturated rings. The summed E-state index contributed by atoms with van der Waals surface area (Å²) in [6.45, 7) is 2.29. The van der Waals surface area contributed by atoms with E-state index in [1.54, 1.807) is 24.4 Å². The Morgan fingerprint density at radius 1 is 1.06 bits per heavy atom. The Bertz CT molecular complexity index is 977. The number of ether oxygens (including phenoxy) is 2. The molecule has 1 N–H and O–H groups in total. The Morgan fingerprint density at radius 2 is 1.84 bits per heavy atom. The van der Waals surface area contributed by atoms with Crippen molar-refractivity contribution in [3.05, 3.63) is 48.2 Å². The fraction of sp³-hybridized carbons (Fsp3) is 0.429. The molecule has 0 saturated carbocycles. The van der Waals surface area contributed by atoms with Crippen LogP contribution in [0.4, 0.5) is 5.82 Å². The monoisotopic (exact) mass is 448 g/mol. The highest BCUT2D eigenvalue weighted by molar-refractivity contribution is 7.89. The number of para-hydroxylation sites is 1. The average molecular weight is 449 g/mol. The van der Waals surface area contributed by atoms with Gasteiger partial charge in [0.15, 0.2) is 11.5 Å². The van der Waals surface area contributed by atoms with Gasteiger partial charge < -0.3 is 19.7 Å². The number of nitrogens with zero attached hydrogens (tertiary/aromatic N) is 3. The highest BCUT2D eigenvalue weighted by Crippen LogP contribution is 2.30. The second-order valence-corrected chi connectivity index (χ2v) is 9.13. The molecule has 1 aromatic heterocycles. The van der Waals surface area contributed by atoms with E-state index >= 15 is 0 Å². The summed E-state index contributed by atoms with van der Waals surface area (Å²) in [6.07, 6.45) is 2.05. The molecule has 9 nitrogen and oxygen atoms in total. The summed E-state index contributed by atoms with van der Waals surface area (Å²) in [5.41, 5.74) is 0.343. The van der Waals surface area contributed by atoms with Gasteiger partial charge in [0.05, 0.1) is 25.5 Å². The minimum absolute atomic E-state index is 0.0217. The standard InChI is InChI=1S/C21H28N4O5S/c1-29-18-8-5-7-17(20(18)30-2)21(26)23-11-6-16-31(27,28)25-14-12-24(13-15-25)19-9-3-4-10-22-19/h3-5,7-10H,6,11-16H2,1-2H3,(H,23,26). The largest absolute Gasteiger partial charge is 0.493 e. The molecule has 0 unspecified atom stereocenters. The van der Waals surface area contributed by atoms with E-state index in [0.29, 0.717) is 49.7 Å². The van der Waals surface area contributed by atoms with Crippen LogP contribution in [0, 0.1) is 0 Å². The Balaban J connectivity index is 1.47. The minimum atomic E-state index is -3.38. The van der Waals surface area contributed by atoms with Gasteiger partial charge in [0.25, 0.3) is 5.91 Å². The molecule has 1 aliphatic heterocycles.